The minimum atomic E-state index is 0.581. The van der Waals surface area contributed by atoms with E-state index in [0.29, 0.717) is 5.41 Å². The Labute approximate surface area is 187 Å². The van der Waals surface area contributed by atoms with Crippen molar-refractivity contribution in [1.82, 2.24) is 5.43 Å². The number of hydrazone groups is 1. The largest absolute Gasteiger partial charge is 0.310 e. The second-order valence-corrected chi connectivity index (χ2v) is 12.4. The number of fused-ring (bicyclic) bond motifs is 5. The number of hydrogen-bond donors (Lipinski definition) is 1. The van der Waals surface area contributed by atoms with Crippen LogP contribution in [0.4, 0.5) is 0 Å². The van der Waals surface area contributed by atoms with Gasteiger partial charge < -0.3 is 5.43 Å². The van der Waals surface area contributed by atoms with Crippen LogP contribution in [0.2, 0.25) is 0 Å². The molecule has 0 aromatic carbocycles. The molecule has 9 atom stereocenters. The molecular weight excluding hydrogens is 364 g/mol. The van der Waals surface area contributed by atoms with Gasteiger partial charge in [-0.15, -0.1) is 0 Å². The van der Waals surface area contributed by atoms with E-state index < -0.39 is 0 Å². The average molecular weight is 415 g/mol. The summed E-state index contributed by atoms with van der Waals surface area (Å²) < 4.78 is 0. The summed E-state index contributed by atoms with van der Waals surface area (Å²) in [5.41, 5.74) is 5.11. The number of nitrogens with one attached hydrogen (secondary N) is 1. The Hall–Kier alpha value is -0.530. The summed E-state index contributed by atoms with van der Waals surface area (Å²) in [6, 6.07) is 0. The molecule has 30 heavy (non-hydrogen) atoms. The van der Waals surface area contributed by atoms with Crippen molar-refractivity contribution in [2.45, 2.75) is 112 Å². The van der Waals surface area contributed by atoms with Crippen molar-refractivity contribution in [3.63, 3.8) is 0 Å². The summed E-state index contributed by atoms with van der Waals surface area (Å²) >= 11 is 0. The lowest BCUT2D eigenvalue weighted by Crippen LogP contribution is -2.54. The lowest BCUT2D eigenvalue weighted by Gasteiger charge is -2.61. The van der Waals surface area contributed by atoms with E-state index in [9.17, 15) is 0 Å². The predicted octanol–water partition coefficient (Wildman–Crippen LogP) is 7.68. The van der Waals surface area contributed by atoms with Gasteiger partial charge in [0.15, 0.2) is 0 Å². The molecule has 4 aliphatic rings. The molecule has 4 saturated carbocycles. The van der Waals surface area contributed by atoms with Gasteiger partial charge in [0.2, 0.25) is 0 Å². The fourth-order valence-corrected chi connectivity index (χ4v) is 9.28. The molecule has 2 nitrogen and oxygen atoms in total. The first-order chi connectivity index (χ1) is 14.4. The molecule has 4 rings (SSSR count). The van der Waals surface area contributed by atoms with Gasteiger partial charge in [-0.1, -0.05) is 46.5 Å². The maximum Gasteiger partial charge on any atom is 0.0358 e. The van der Waals surface area contributed by atoms with Crippen molar-refractivity contribution >= 4 is 5.71 Å². The fourth-order valence-electron chi connectivity index (χ4n) is 9.28. The monoisotopic (exact) mass is 414 g/mol. The maximum absolute atomic E-state index is 4.48. The second-order valence-electron chi connectivity index (χ2n) is 12.4. The Kier molecular flexibility index (Phi) is 7.20. The van der Waals surface area contributed by atoms with Gasteiger partial charge in [-0.25, -0.2) is 0 Å². The van der Waals surface area contributed by atoms with Crippen molar-refractivity contribution < 1.29 is 0 Å². The van der Waals surface area contributed by atoms with Gasteiger partial charge in [0, 0.05) is 12.3 Å². The molecule has 0 aliphatic heterocycles. The lowest BCUT2D eigenvalue weighted by molar-refractivity contribution is -0.120. The molecular formula is C28H50N2. The molecule has 0 spiro atoms. The van der Waals surface area contributed by atoms with Gasteiger partial charge in [-0.2, -0.15) is 5.10 Å². The lowest BCUT2D eigenvalue weighted by atomic mass is 9.44. The highest BCUT2D eigenvalue weighted by molar-refractivity contribution is 5.78. The summed E-state index contributed by atoms with van der Waals surface area (Å²) in [5, 5.41) is 4.48. The highest BCUT2D eigenvalue weighted by Crippen LogP contribution is 2.64. The second kappa shape index (κ2) is 9.53. The van der Waals surface area contributed by atoms with Crippen molar-refractivity contribution in [3.05, 3.63) is 0 Å². The van der Waals surface area contributed by atoms with E-state index in [1.54, 1.807) is 38.5 Å². The zero-order valence-corrected chi connectivity index (χ0v) is 20.8. The first-order valence-electron chi connectivity index (χ1n) is 13.7. The smallest absolute Gasteiger partial charge is 0.0358 e. The highest BCUT2D eigenvalue weighted by atomic mass is 15.3. The van der Waals surface area contributed by atoms with Crippen LogP contribution in [0.3, 0.4) is 0 Å². The maximum atomic E-state index is 4.48. The Morgan fingerprint density at radius 3 is 2.57 bits per heavy atom. The quantitative estimate of drug-likeness (QED) is 0.350. The third-order valence-corrected chi connectivity index (χ3v) is 10.5. The number of nitrogens with zero attached hydrogens (tertiary/aromatic N) is 1. The van der Waals surface area contributed by atoms with E-state index in [0.717, 1.165) is 59.6 Å². The van der Waals surface area contributed by atoms with Gasteiger partial charge in [-0.05, 0) is 118 Å². The minimum Gasteiger partial charge on any atom is -0.310 e. The zero-order valence-electron chi connectivity index (χ0n) is 20.8. The van der Waals surface area contributed by atoms with Crippen LogP contribution in [0.1, 0.15) is 112 Å². The van der Waals surface area contributed by atoms with E-state index in [1.165, 1.54) is 38.5 Å². The first-order valence-corrected chi connectivity index (χ1v) is 13.7. The Bertz CT molecular complexity index is 593. The van der Waals surface area contributed by atoms with Crippen LogP contribution >= 0.6 is 0 Å². The summed E-state index contributed by atoms with van der Waals surface area (Å²) in [5.74, 6) is 7.97. The van der Waals surface area contributed by atoms with Crippen LogP contribution in [0, 0.1) is 52.8 Å². The van der Waals surface area contributed by atoms with Gasteiger partial charge >= 0.3 is 0 Å². The SMILES string of the molecule is CCCC1CCC2C(CCC3C2CCC2(C)C3CCCC2[C@H](C)CNN=C(C)C)C1. The Balaban J connectivity index is 1.44. The molecule has 4 aliphatic carbocycles. The van der Waals surface area contributed by atoms with Crippen molar-refractivity contribution in [3.8, 4) is 0 Å². The van der Waals surface area contributed by atoms with Crippen LogP contribution < -0.4 is 5.43 Å². The molecule has 1 N–H and O–H groups in total. The van der Waals surface area contributed by atoms with Crippen molar-refractivity contribution in [2.75, 3.05) is 6.54 Å². The summed E-state index contributed by atoms with van der Waals surface area (Å²) in [4.78, 5) is 0. The van der Waals surface area contributed by atoms with Crippen LogP contribution in [0.5, 0.6) is 0 Å². The van der Waals surface area contributed by atoms with Gasteiger partial charge in [0.25, 0.3) is 0 Å². The van der Waals surface area contributed by atoms with Gasteiger partial charge in [0.1, 0.15) is 0 Å². The van der Waals surface area contributed by atoms with E-state index in [-0.39, 0.29) is 0 Å². The third kappa shape index (κ3) is 4.36. The Morgan fingerprint density at radius 2 is 1.80 bits per heavy atom. The van der Waals surface area contributed by atoms with Crippen LogP contribution in [0.15, 0.2) is 5.10 Å². The third-order valence-electron chi connectivity index (χ3n) is 10.5. The molecule has 8 unspecified atom stereocenters. The number of hydrogen-bond acceptors (Lipinski definition) is 2. The van der Waals surface area contributed by atoms with Gasteiger partial charge in [0.05, 0.1) is 0 Å². The summed E-state index contributed by atoms with van der Waals surface area (Å²) in [7, 11) is 0. The van der Waals surface area contributed by atoms with E-state index in [4.69, 9.17) is 0 Å². The average Bonchev–Trinajstić information content (AvgIpc) is 2.72. The molecule has 0 radical (unpaired) electrons. The van der Waals surface area contributed by atoms with E-state index in [1.807, 2.05) is 0 Å². The molecule has 2 heteroatoms. The molecule has 4 fully saturated rings. The van der Waals surface area contributed by atoms with Gasteiger partial charge in [-0.3, -0.25) is 0 Å². The zero-order chi connectivity index (χ0) is 21.3. The molecule has 0 aromatic rings. The summed E-state index contributed by atoms with van der Waals surface area (Å²) in [6.45, 7) is 12.8. The van der Waals surface area contributed by atoms with Crippen LogP contribution in [-0.2, 0) is 0 Å². The highest BCUT2D eigenvalue weighted by Gasteiger charge is 2.55. The van der Waals surface area contributed by atoms with E-state index in [2.05, 4.69) is 45.1 Å². The van der Waals surface area contributed by atoms with Crippen LogP contribution in [-0.4, -0.2) is 12.3 Å². The molecule has 172 valence electrons. The number of rotatable bonds is 6. The summed E-state index contributed by atoms with van der Waals surface area (Å²) in [6.07, 6.45) is 18.2. The minimum absolute atomic E-state index is 0.581. The predicted molar refractivity (Wildman–Crippen MR) is 130 cm³/mol. The molecule has 0 heterocycles. The van der Waals surface area contributed by atoms with E-state index >= 15 is 0 Å². The fraction of sp³-hybridized carbons (Fsp3) is 0.964. The molecule has 0 saturated heterocycles. The topological polar surface area (TPSA) is 24.4 Å². The molecule has 0 bridgehead atoms. The van der Waals surface area contributed by atoms with Crippen molar-refractivity contribution in [2.24, 2.45) is 57.9 Å². The normalized spacial score (nSPS) is 44.2. The molecule has 0 amide bonds. The van der Waals surface area contributed by atoms with Crippen LogP contribution in [0.25, 0.3) is 0 Å². The standard InChI is InChI=1S/C28H50N2/c1-6-8-21-11-13-23-22(17-21)12-14-25-24(23)15-16-28(5)26(9-7-10-27(25)28)20(4)18-29-30-19(2)3/h20-27,29H,6-18H2,1-5H3/t20-,21?,22?,23?,24?,25?,26?,27?,28?/m1/s1. The molecule has 0 aromatic heterocycles. The first kappa shape index (κ1) is 22.7. The Morgan fingerprint density at radius 1 is 1.00 bits per heavy atom. The van der Waals surface area contributed by atoms with Crippen molar-refractivity contribution in [1.29, 1.82) is 0 Å².